The topological polar surface area (TPSA) is 114 Å². The number of esters is 2. The molecule has 230 valence electrons. The second-order valence-electron chi connectivity index (χ2n) is 11.0. The highest BCUT2D eigenvalue weighted by Crippen LogP contribution is 2.41. The van der Waals surface area contributed by atoms with Crippen LogP contribution in [-0.4, -0.2) is 31.3 Å². The molecule has 0 bridgehead atoms. The van der Waals surface area contributed by atoms with Crippen molar-refractivity contribution in [3.63, 3.8) is 0 Å². The Kier molecular flexibility index (Phi) is 13.1. The van der Waals surface area contributed by atoms with Crippen LogP contribution in [0.25, 0.3) is 6.08 Å². The van der Waals surface area contributed by atoms with E-state index in [0.717, 1.165) is 44.9 Å². The molecular formula is C33H44F2N2O5. The van der Waals surface area contributed by atoms with Crippen molar-refractivity contribution in [1.82, 2.24) is 0 Å². The van der Waals surface area contributed by atoms with Gasteiger partial charge in [0, 0.05) is 17.5 Å². The van der Waals surface area contributed by atoms with Gasteiger partial charge in [0.1, 0.15) is 5.75 Å². The van der Waals surface area contributed by atoms with Crippen molar-refractivity contribution in [3.05, 3.63) is 59.7 Å². The van der Waals surface area contributed by atoms with Gasteiger partial charge in [-0.15, -0.1) is 0 Å². The summed E-state index contributed by atoms with van der Waals surface area (Å²) in [5.74, 6) is -1.04. The van der Waals surface area contributed by atoms with Crippen LogP contribution in [0.2, 0.25) is 0 Å². The summed E-state index contributed by atoms with van der Waals surface area (Å²) in [6.07, 6.45) is 8.74. The number of hydrogen-bond donors (Lipinski definition) is 2. The fourth-order valence-corrected chi connectivity index (χ4v) is 5.15. The minimum Gasteiger partial charge on any atom is -0.463 e. The molecule has 0 aliphatic heterocycles. The van der Waals surface area contributed by atoms with Gasteiger partial charge in [0.25, 0.3) is 0 Å². The Morgan fingerprint density at radius 3 is 2.12 bits per heavy atom. The molecule has 1 aliphatic rings. The molecule has 2 aromatic carbocycles. The van der Waals surface area contributed by atoms with Gasteiger partial charge in [-0.2, -0.15) is 8.78 Å². The van der Waals surface area contributed by atoms with Gasteiger partial charge < -0.3 is 25.7 Å². The van der Waals surface area contributed by atoms with E-state index in [1.807, 2.05) is 0 Å². The Balaban J connectivity index is 1.27. The SMILES string of the molecule is CCCCC1CCC(C(F)(F)Oc2ccc(/C=C/C(=O)OCCCCCCOC(=O)c3cc(N)cc(N)c3)cc2)CC1. The van der Waals surface area contributed by atoms with E-state index in [1.165, 1.54) is 30.3 Å². The smallest absolute Gasteiger partial charge is 0.400 e. The van der Waals surface area contributed by atoms with Crippen molar-refractivity contribution < 1.29 is 32.6 Å². The van der Waals surface area contributed by atoms with Crippen LogP contribution in [0.5, 0.6) is 5.75 Å². The second kappa shape index (κ2) is 16.7. The van der Waals surface area contributed by atoms with E-state index < -0.39 is 24.0 Å². The summed E-state index contributed by atoms with van der Waals surface area (Å²) < 4.78 is 45.1. The van der Waals surface area contributed by atoms with E-state index in [4.69, 9.17) is 25.7 Å². The van der Waals surface area contributed by atoms with Crippen molar-refractivity contribution >= 4 is 29.4 Å². The maximum absolute atomic E-state index is 14.8. The Morgan fingerprint density at radius 2 is 1.50 bits per heavy atom. The zero-order valence-corrected chi connectivity index (χ0v) is 24.5. The first kappa shape index (κ1) is 32.9. The van der Waals surface area contributed by atoms with Crippen LogP contribution < -0.4 is 16.2 Å². The third-order valence-electron chi connectivity index (χ3n) is 7.56. The highest BCUT2D eigenvalue weighted by atomic mass is 19.3. The number of nitrogen functional groups attached to an aromatic ring is 2. The van der Waals surface area contributed by atoms with Gasteiger partial charge >= 0.3 is 18.0 Å². The van der Waals surface area contributed by atoms with Gasteiger partial charge in [-0.05, 0) is 99.3 Å². The van der Waals surface area contributed by atoms with E-state index in [1.54, 1.807) is 24.3 Å². The van der Waals surface area contributed by atoms with E-state index in [9.17, 15) is 18.4 Å². The zero-order chi connectivity index (χ0) is 30.4. The lowest BCUT2D eigenvalue weighted by Crippen LogP contribution is -2.37. The molecule has 2 aromatic rings. The first-order valence-corrected chi connectivity index (χ1v) is 15.0. The first-order valence-electron chi connectivity index (χ1n) is 15.0. The molecule has 42 heavy (non-hydrogen) atoms. The number of halogens is 2. The Bertz CT molecular complexity index is 1140. The van der Waals surface area contributed by atoms with E-state index in [-0.39, 0.29) is 19.0 Å². The van der Waals surface area contributed by atoms with Crippen molar-refractivity contribution in [1.29, 1.82) is 0 Å². The summed E-state index contributed by atoms with van der Waals surface area (Å²) in [7, 11) is 0. The molecule has 0 aromatic heterocycles. The van der Waals surface area contributed by atoms with E-state index in [2.05, 4.69) is 6.92 Å². The summed E-state index contributed by atoms with van der Waals surface area (Å²) >= 11 is 0. The lowest BCUT2D eigenvalue weighted by Gasteiger charge is -2.33. The Hall–Kier alpha value is -3.62. The molecule has 0 atom stereocenters. The number of rotatable bonds is 16. The lowest BCUT2D eigenvalue weighted by atomic mass is 9.79. The number of carbonyl (C=O) groups is 2. The van der Waals surface area contributed by atoms with Crippen LogP contribution in [-0.2, 0) is 14.3 Å². The maximum Gasteiger partial charge on any atom is 0.400 e. The lowest BCUT2D eigenvalue weighted by molar-refractivity contribution is -0.223. The fourth-order valence-electron chi connectivity index (χ4n) is 5.15. The number of ether oxygens (including phenoxy) is 3. The van der Waals surface area contributed by atoms with Crippen LogP contribution in [0.1, 0.15) is 93.5 Å². The van der Waals surface area contributed by atoms with Crippen molar-refractivity contribution in [2.24, 2.45) is 11.8 Å². The molecule has 0 spiro atoms. The molecular weight excluding hydrogens is 542 g/mol. The molecule has 0 radical (unpaired) electrons. The summed E-state index contributed by atoms with van der Waals surface area (Å²) in [6, 6.07) is 10.9. The average molecular weight is 587 g/mol. The van der Waals surface area contributed by atoms with Gasteiger partial charge in [0.05, 0.1) is 24.7 Å². The second-order valence-corrected chi connectivity index (χ2v) is 11.0. The van der Waals surface area contributed by atoms with Gasteiger partial charge in [-0.3, -0.25) is 0 Å². The van der Waals surface area contributed by atoms with Crippen LogP contribution >= 0.6 is 0 Å². The molecule has 0 heterocycles. The normalized spacial score (nSPS) is 17.2. The molecule has 7 nitrogen and oxygen atoms in total. The summed E-state index contributed by atoms with van der Waals surface area (Å²) in [5.41, 5.74) is 13.2. The standard InChI is InChI=1S/C33H44F2N2O5/c1-2-3-8-24-9-14-27(15-10-24)33(34,35)42-30-16-11-25(12-17-30)13-18-31(38)40-19-6-4-5-7-20-41-32(39)26-21-28(36)23-29(37)22-26/h11-13,16-18,21-24,27H,2-10,14-15,19-20,36-37H2,1H3/b18-13+. The van der Waals surface area contributed by atoms with E-state index >= 15 is 0 Å². The van der Waals surface area contributed by atoms with Gasteiger partial charge in [0.15, 0.2) is 0 Å². The highest BCUT2D eigenvalue weighted by Gasteiger charge is 2.43. The summed E-state index contributed by atoms with van der Waals surface area (Å²) in [6.45, 7) is 2.70. The predicted octanol–water partition coefficient (Wildman–Crippen LogP) is 7.79. The predicted molar refractivity (Wildman–Crippen MR) is 161 cm³/mol. The molecule has 1 aliphatic carbocycles. The monoisotopic (exact) mass is 586 g/mol. The average Bonchev–Trinajstić information content (AvgIpc) is 2.96. The number of unbranched alkanes of at least 4 members (excludes halogenated alkanes) is 4. The zero-order valence-electron chi connectivity index (χ0n) is 24.5. The Morgan fingerprint density at radius 1 is 0.881 bits per heavy atom. The number of benzene rings is 2. The van der Waals surface area contributed by atoms with Crippen LogP contribution in [0.15, 0.2) is 48.5 Å². The maximum atomic E-state index is 14.8. The molecule has 0 amide bonds. The Labute approximate surface area is 247 Å². The third-order valence-corrected chi connectivity index (χ3v) is 7.56. The number of anilines is 2. The molecule has 0 unspecified atom stereocenters. The van der Waals surface area contributed by atoms with Crippen molar-refractivity contribution in [3.8, 4) is 5.75 Å². The molecule has 1 saturated carbocycles. The number of nitrogens with two attached hydrogens (primary N) is 2. The number of alkyl halides is 2. The van der Waals surface area contributed by atoms with Crippen molar-refractivity contribution in [2.45, 2.75) is 83.7 Å². The summed E-state index contributed by atoms with van der Waals surface area (Å²) in [4.78, 5) is 24.1. The van der Waals surface area contributed by atoms with Crippen LogP contribution in [0, 0.1) is 11.8 Å². The van der Waals surface area contributed by atoms with E-state index in [0.29, 0.717) is 54.1 Å². The quantitative estimate of drug-likeness (QED) is 0.0893. The fraction of sp³-hybridized carbons (Fsp3) is 0.515. The molecule has 9 heteroatoms. The van der Waals surface area contributed by atoms with Crippen molar-refractivity contribution in [2.75, 3.05) is 24.7 Å². The van der Waals surface area contributed by atoms with Gasteiger partial charge in [0.2, 0.25) is 0 Å². The molecule has 1 fully saturated rings. The largest absolute Gasteiger partial charge is 0.463 e. The minimum absolute atomic E-state index is 0.108. The molecule has 4 N–H and O–H groups in total. The van der Waals surface area contributed by atoms with Gasteiger partial charge in [-0.1, -0.05) is 38.3 Å². The first-order chi connectivity index (χ1) is 20.2. The molecule has 3 rings (SSSR count). The molecule has 0 saturated heterocycles. The number of carbonyl (C=O) groups excluding carboxylic acids is 2. The summed E-state index contributed by atoms with van der Waals surface area (Å²) in [5, 5.41) is 0. The highest BCUT2D eigenvalue weighted by molar-refractivity contribution is 5.91. The van der Waals surface area contributed by atoms with Crippen LogP contribution in [0.4, 0.5) is 20.2 Å². The van der Waals surface area contributed by atoms with Crippen LogP contribution in [0.3, 0.4) is 0 Å². The minimum atomic E-state index is -3.20. The number of hydrogen-bond acceptors (Lipinski definition) is 7. The third kappa shape index (κ3) is 11.3. The van der Waals surface area contributed by atoms with Gasteiger partial charge in [-0.25, -0.2) is 9.59 Å².